The Morgan fingerprint density at radius 2 is 2.15 bits per heavy atom. The summed E-state index contributed by atoms with van der Waals surface area (Å²) in [7, 11) is 0. The quantitative estimate of drug-likeness (QED) is 0.736. The average molecular weight is 282 g/mol. The van der Waals surface area contributed by atoms with Crippen LogP contribution in [0, 0.1) is 0 Å². The van der Waals surface area contributed by atoms with Crippen molar-refractivity contribution < 1.29 is 0 Å². The molecule has 20 heavy (non-hydrogen) atoms. The molecular formula is C17H18N2S. The van der Waals surface area contributed by atoms with E-state index in [4.69, 9.17) is 5.73 Å². The molecule has 4 rings (SSSR count). The highest BCUT2D eigenvalue weighted by Crippen LogP contribution is 2.41. The van der Waals surface area contributed by atoms with Crippen molar-refractivity contribution in [3.05, 3.63) is 45.6 Å². The molecule has 1 atom stereocenters. The van der Waals surface area contributed by atoms with Gasteiger partial charge in [-0.3, -0.25) is 0 Å². The van der Waals surface area contributed by atoms with E-state index in [2.05, 4.69) is 42.2 Å². The third-order valence-corrected chi connectivity index (χ3v) is 5.29. The van der Waals surface area contributed by atoms with Crippen LogP contribution in [0.25, 0.3) is 22.2 Å². The standard InChI is InChI=1S/C17H18N2S/c1-10(18)8-11-9-14-16(20-11)7-6-13-12-4-2-3-5-15(12)19-17(13)14/h2-5,9-10,19H,6-8,18H2,1H3. The van der Waals surface area contributed by atoms with E-state index in [1.54, 1.807) is 0 Å². The molecule has 2 aromatic heterocycles. The number of hydrogen-bond acceptors (Lipinski definition) is 2. The van der Waals surface area contributed by atoms with Crippen molar-refractivity contribution in [2.75, 3.05) is 0 Å². The van der Waals surface area contributed by atoms with Crippen molar-refractivity contribution in [3.63, 3.8) is 0 Å². The van der Waals surface area contributed by atoms with Gasteiger partial charge in [-0.25, -0.2) is 0 Å². The summed E-state index contributed by atoms with van der Waals surface area (Å²) in [5.74, 6) is 0. The Morgan fingerprint density at radius 3 is 3.00 bits per heavy atom. The van der Waals surface area contributed by atoms with E-state index in [0.717, 1.165) is 19.3 Å². The Bertz CT molecular complexity index is 779. The first-order valence-corrected chi connectivity index (χ1v) is 8.01. The van der Waals surface area contributed by atoms with Crippen LogP contribution < -0.4 is 5.73 Å². The first kappa shape index (κ1) is 12.2. The minimum absolute atomic E-state index is 0.234. The summed E-state index contributed by atoms with van der Waals surface area (Å²) < 4.78 is 0. The normalized spacial score (nSPS) is 15.1. The highest BCUT2D eigenvalue weighted by atomic mass is 32.1. The number of rotatable bonds is 2. The van der Waals surface area contributed by atoms with Crippen molar-refractivity contribution in [2.45, 2.75) is 32.2 Å². The number of aromatic nitrogens is 1. The van der Waals surface area contributed by atoms with Crippen LogP contribution in [0.4, 0.5) is 0 Å². The van der Waals surface area contributed by atoms with Gasteiger partial charge in [0, 0.05) is 32.3 Å². The van der Waals surface area contributed by atoms with E-state index in [-0.39, 0.29) is 6.04 Å². The number of para-hydroxylation sites is 1. The lowest BCUT2D eigenvalue weighted by atomic mass is 9.94. The zero-order chi connectivity index (χ0) is 13.7. The molecule has 0 fully saturated rings. The third kappa shape index (κ3) is 1.81. The van der Waals surface area contributed by atoms with Crippen molar-refractivity contribution in [1.82, 2.24) is 4.98 Å². The lowest BCUT2D eigenvalue weighted by molar-refractivity contribution is 0.746. The van der Waals surface area contributed by atoms with Crippen LogP contribution in [0.5, 0.6) is 0 Å². The molecule has 0 aliphatic heterocycles. The van der Waals surface area contributed by atoms with Crippen LogP contribution >= 0.6 is 11.3 Å². The Balaban J connectivity index is 1.88. The van der Waals surface area contributed by atoms with Gasteiger partial charge in [-0.05, 0) is 43.9 Å². The highest BCUT2D eigenvalue weighted by molar-refractivity contribution is 7.12. The van der Waals surface area contributed by atoms with E-state index in [1.807, 2.05) is 11.3 Å². The lowest BCUT2D eigenvalue weighted by Gasteiger charge is -2.11. The highest BCUT2D eigenvalue weighted by Gasteiger charge is 2.22. The van der Waals surface area contributed by atoms with E-state index < -0.39 is 0 Å². The fourth-order valence-electron chi connectivity index (χ4n) is 3.23. The number of aryl methyl sites for hydroxylation is 2. The second kappa shape index (κ2) is 4.47. The number of nitrogens with two attached hydrogens (primary N) is 1. The van der Waals surface area contributed by atoms with Gasteiger partial charge in [0.25, 0.3) is 0 Å². The summed E-state index contributed by atoms with van der Waals surface area (Å²) in [6.07, 6.45) is 3.28. The molecule has 0 amide bonds. The first-order valence-electron chi connectivity index (χ1n) is 7.19. The predicted octanol–water partition coefficient (Wildman–Crippen LogP) is 3.88. The van der Waals surface area contributed by atoms with E-state index in [1.165, 1.54) is 37.5 Å². The van der Waals surface area contributed by atoms with Crippen LogP contribution in [0.15, 0.2) is 30.3 Å². The molecule has 3 heteroatoms. The van der Waals surface area contributed by atoms with Gasteiger partial charge in [-0.2, -0.15) is 0 Å². The Kier molecular flexibility index (Phi) is 2.72. The number of fused-ring (bicyclic) bond motifs is 5. The molecule has 2 nitrogen and oxygen atoms in total. The van der Waals surface area contributed by atoms with Gasteiger partial charge in [0.15, 0.2) is 0 Å². The maximum absolute atomic E-state index is 5.94. The fourth-order valence-corrected chi connectivity index (χ4v) is 4.54. The van der Waals surface area contributed by atoms with Gasteiger partial charge < -0.3 is 10.7 Å². The molecule has 0 spiro atoms. The van der Waals surface area contributed by atoms with Gasteiger partial charge in [-0.1, -0.05) is 18.2 Å². The fraction of sp³-hybridized carbons (Fsp3) is 0.294. The largest absolute Gasteiger partial charge is 0.354 e. The molecule has 1 aromatic carbocycles. The number of thiophene rings is 1. The second-order valence-corrected chi connectivity index (χ2v) is 6.98. The summed E-state index contributed by atoms with van der Waals surface area (Å²) in [5, 5.41) is 1.38. The third-order valence-electron chi connectivity index (χ3n) is 4.07. The molecule has 0 bridgehead atoms. The minimum Gasteiger partial charge on any atom is -0.354 e. The molecular weight excluding hydrogens is 264 g/mol. The number of H-pyrrole nitrogens is 1. The number of hydrogen-bond donors (Lipinski definition) is 2. The number of benzene rings is 1. The van der Waals surface area contributed by atoms with Gasteiger partial charge in [0.2, 0.25) is 0 Å². The number of aromatic amines is 1. The van der Waals surface area contributed by atoms with Crippen LogP contribution in [0.3, 0.4) is 0 Å². The van der Waals surface area contributed by atoms with Crippen molar-refractivity contribution in [1.29, 1.82) is 0 Å². The van der Waals surface area contributed by atoms with Crippen LogP contribution in [-0.4, -0.2) is 11.0 Å². The topological polar surface area (TPSA) is 41.8 Å². The lowest BCUT2D eigenvalue weighted by Crippen LogP contribution is -2.16. The zero-order valence-corrected chi connectivity index (χ0v) is 12.4. The van der Waals surface area contributed by atoms with Crippen LogP contribution in [0.2, 0.25) is 0 Å². The van der Waals surface area contributed by atoms with Crippen molar-refractivity contribution >= 4 is 22.2 Å². The molecule has 0 radical (unpaired) electrons. The molecule has 1 aliphatic rings. The SMILES string of the molecule is CC(N)Cc1cc2c(s1)CCc1c-2[nH]c2ccccc12. The van der Waals surface area contributed by atoms with Crippen molar-refractivity contribution in [3.8, 4) is 11.3 Å². The molecule has 1 aliphatic carbocycles. The molecule has 1 unspecified atom stereocenters. The smallest absolute Gasteiger partial charge is 0.0508 e. The van der Waals surface area contributed by atoms with Crippen LogP contribution in [0.1, 0.15) is 22.2 Å². The zero-order valence-electron chi connectivity index (χ0n) is 11.6. The first-order chi connectivity index (χ1) is 9.72. The summed E-state index contributed by atoms with van der Waals surface area (Å²) in [6.45, 7) is 2.08. The summed E-state index contributed by atoms with van der Waals surface area (Å²) >= 11 is 1.94. The average Bonchev–Trinajstić information content (AvgIpc) is 2.97. The van der Waals surface area contributed by atoms with Gasteiger partial charge in [0.05, 0.1) is 5.69 Å². The van der Waals surface area contributed by atoms with Crippen molar-refractivity contribution in [2.24, 2.45) is 5.73 Å². The van der Waals surface area contributed by atoms with Gasteiger partial charge in [0.1, 0.15) is 0 Å². The summed E-state index contributed by atoms with van der Waals surface area (Å²) in [5.41, 5.74) is 11.4. The predicted molar refractivity (Wildman–Crippen MR) is 86.4 cm³/mol. The van der Waals surface area contributed by atoms with E-state index in [9.17, 15) is 0 Å². The Hall–Kier alpha value is -1.58. The van der Waals surface area contributed by atoms with E-state index in [0.29, 0.717) is 0 Å². The summed E-state index contributed by atoms with van der Waals surface area (Å²) in [4.78, 5) is 6.54. The Morgan fingerprint density at radius 1 is 1.30 bits per heavy atom. The molecule has 0 saturated carbocycles. The van der Waals surface area contributed by atoms with Gasteiger partial charge in [-0.15, -0.1) is 11.3 Å². The van der Waals surface area contributed by atoms with Gasteiger partial charge >= 0.3 is 0 Å². The van der Waals surface area contributed by atoms with E-state index >= 15 is 0 Å². The maximum Gasteiger partial charge on any atom is 0.0508 e. The molecule has 3 aromatic rings. The number of nitrogens with one attached hydrogen (secondary N) is 1. The van der Waals surface area contributed by atoms with Crippen LogP contribution in [-0.2, 0) is 19.3 Å². The second-order valence-electron chi connectivity index (χ2n) is 5.76. The maximum atomic E-state index is 5.94. The summed E-state index contributed by atoms with van der Waals surface area (Å²) in [6, 6.07) is 11.2. The minimum atomic E-state index is 0.234. The monoisotopic (exact) mass is 282 g/mol. The Labute approximate surface area is 122 Å². The molecule has 2 heterocycles. The molecule has 0 saturated heterocycles. The molecule has 102 valence electrons. The molecule has 3 N–H and O–H groups in total.